The van der Waals surface area contributed by atoms with Gasteiger partial charge >= 0.3 is 6.09 Å². The van der Waals surface area contributed by atoms with E-state index >= 15 is 0 Å². The molecule has 3 saturated carbocycles. The van der Waals surface area contributed by atoms with E-state index in [0.29, 0.717) is 54.0 Å². The highest BCUT2D eigenvalue weighted by Crippen LogP contribution is 2.46. The number of fused-ring (bicyclic) bond motifs is 5. The number of ether oxygens (including phenoxy) is 2. The van der Waals surface area contributed by atoms with E-state index in [1.165, 1.54) is 16.2 Å². The van der Waals surface area contributed by atoms with E-state index in [4.69, 9.17) is 28.8 Å². The summed E-state index contributed by atoms with van der Waals surface area (Å²) in [4.78, 5) is 72.7. The summed E-state index contributed by atoms with van der Waals surface area (Å²) in [6, 6.07) is 5.28. The van der Waals surface area contributed by atoms with Crippen LogP contribution in [0.15, 0.2) is 46.2 Å². The predicted molar refractivity (Wildman–Crippen MR) is 231 cm³/mol. The van der Waals surface area contributed by atoms with Crippen molar-refractivity contribution in [1.29, 1.82) is 0 Å². The number of alkyl carbamates (subject to hydrolysis) is 1. The lowest BCUT2D eigenvalue weighted by Gasteiger charge is -2.30. The number of thiazole rings is 1. The van der Waals surface area contributed by atoms with Crippen LogP contribution in [-0.4, -0.2) is 93.7 Å². The summed E-state index contributed by atoms with van der Waals surface area (Å²) in [6.45, 7) is 6.15. The minimum Gasteiger partial charge on any atom is -0.470 e. The number of hydrogen-bond donors (Lipinski definition) is 3. The SMILES string of the molecule is CC(C)(C)c1csc(-c2nc(O[C@@H]3C[C@H]4C(=O)N[C@]5(C(=O)NS(=O)(=O)C6CC6)C[C@@H]5/C=C\CCCCC[C@H](NC(=O)OC5CCCC5)C(=O)N4C3)c3oc4ccccc4c3n2)n1. The summed E-state index contributed by atoms with van der Waals surface area (Å²) < 4.78 is 46.9. The number of rotatable bonds is 8. The van der Waals surface area contributed by atoms with Gasteiger partial charge in [0.05, 0.1) is 17.5 Å². The number of nitrogens with zero attached hydrogens (tertiary/aromatic N) is 4. The molecule has 5 atom stereocenters. The van der Waals surface area contributed by atoms with Crippen LogP contribution >= 0.6 is 11.3 Å². The lowest BCUT2D eigenvalue weighted by molar-refractivity contribution is -0.141. The third kappa shape index (κ3) is 8.64. The molecule has 4 aromatic rings. The first-order valence-corrected chi connectivity index (χ1v) is 24.3. The number of hydrogen-bond acceptors (Lipinski definition) is 13. The highest BCUT2D eigenvalue weighted by atomic mass is 32.2. The number of amides is 4. The molecule has 0 bridgehead atoms. The lowest BCUT2D eigenvalue weighted by atomic mass is 9.93. The second kappa shape index (κ2) is 16.5. The Balaban J connectivity index is 1.06. The summed E-state index contributed by atoms with van der Waals surface area (Å²) in [6.07, 6.45) is 9.82. The topological polar surface area (TPSA) is 212 Å². The van der Waals surface area contributed by atoms with Gasteiger partial charge in [0.1, 0.15) is 40.9 Å². The standard InChI is InChI=1S/C44H53N7O9S2/c1-43(2,3)33-24-61-39(46-33)36-47-34-29-16-11-12-18-32(29)60-35(34)38(48-36)58-27-21-31-37(52)49-44(41(54)50-62(56,57)28-19-20-28)22-25(44)13-7-5-4-6-8-17-30(40(53)51(31)23-27)45-42(55)59-26-14-9-10-15-26/h7,11-13,16,18,24-28,30-31H,4-6,8-10,14-15,17,19-23H2,1-3H3,(H,45,55)(H,49,52)(H,50,54)/b13-7-/t25-,27+,30-,31-,44+/m0/s1. The molecule has 0 spiro atoms. The highest BCUT2D eigenvalue weighted by molar-refractivity contribution is 7.91. The largest absolute Gasteiger partial charge is 0.470 e. The Morgan fingerprint density at radius 2 is 1.76 bits per heavy atom. The van der Waals surface area contributed by atoms with Crippen molar-refractivity contribution in [3.8, 4) is 16.7 Å². The summed E-state index contributed by atoms with van der Waals surface area (Å²) in [5.41, 5.74) is 0.507. The van der Waals surface area contributed by atoms with Crippen molar-refractivity contribution in [2.75, 3.05) is 6.54 Å². The van der Waals surface area contributed by atoms with E-state index in [-0.39, 0.29) is 42.4 Å². The molecule has 16 nitrogen and oxygen atoms in total. The summed E-state index contributed by atoms with van der Waals surface area (Å²) in [5.74, 6) is -1.95. The van der Waals surface area contributed by atoms with Gasteiger partial charge in [-0.25, -0.2) is 23.2 Å². The molecule has 0 radical (unpaired) electrons. The van der Waals surface area contributed by atoms with Crippen molar-refractivity contribution in [3.05, 3.63) is 47.5 Å². The summed E-state index contributed by atoms with van der Waals surface area (Å²) >= 11 is 1.41. The zero-order valence-corrected chi connectivity index (χ0v) is 36.8. The van der Waals surface area contributed by atoms with Crippen LogP contribution in [0.5, 0.6) is 5.88 Å². The molecule has 4 fully saturated rings. The lowest BCUT2D eigenvalue weighted by Crippen LogP contribution is -2.58. The number of carbonyl (C=O) groups excluding carboxylic acids is 4. The smallest absolute Gasteiger partial charge is 0.408 e. The molecule has 5 aliphatic rings. The predicted octanol–water partition coefficient (Wildman–Crippen LogP) is 6.19. The molecule has 3 aromatic heterocycles. The number of aromatic nitrogens is 3. The van der Waals surface area contributed by atoms with E-state index in [0.717, 1.165) is 49.6 Å². The van der Waals surface area contributed by atoms with Gasteiger partial charge in [0.2, 0.25) is 27.4 Å². The molecular weight excluding hydrogens is 835 g/mol. The van der Waals surface area contributed by atoms with Gasteiger partial charge in [-0.15, -0.1) is 11.3 Å². The number of benzene rings is 1. The van der Waals surface area contributed by atoms with E-state index in [1.54, 1.807) is 0 Å². The van der Waals surface area contributed by atoms with Gasteiger partial charge in [-0.1, -0.05) is 57.9 Å². The van der Waals surface area contributed by atoms with Crippen LogP contribution in [0.4, 0.5) is 4.79 Å². The minimum absolute atomic E-state index is 0.0120. The average molecular weight is 888 g/mol. The fourth-order valence-electron chi connectivity index (χ4n) is 8.80. The molecule has 18 heteroatoms. The minimum atomic E-state index is -3.92. The van der Waals surface area contributed by atoms with Crippen LogP contribution in [0.25, 0.3) is 32.9 Å². The van der Waals surface area contributed by atoms with E-state index in [9.17, 15) is 27.6 Å². The molecular formula is C44H53N7O9S2. The van der Waals surface area contributed by atoms with Gasteiger partial charge in [-0.05, 0) is 76.3 Å². The Morgan fingerprint density at radius 1 is 0.984 bits per heavy atom. The Labute approximate surface area is 364 Å². The van der Waals surface area contributed by atoms with Crippen LogP contribution in [0.2, 0.25) is 0 Å². The van der Waals surface area contributed by atoms with Gasteiger partial charge < -0.3 is 29.4 Å². The van der Waals surface area contributed by atoms with Crippen molar-refractivity contribution in [2.24, 2.45) is 5.92 Å². The molecule has 2 aliphatic heterocycles. The first-order valence-electron chi connectivity index (χ1n) is 21.8. The monoisotopic (exact) mass is 887 g/mol. The normalized spacial score (nSPS) is 26.9. The fourth-order valence-corrected chi connectivity index (χ4v) is 11.1. The molecule has 0 unspecified atom stereocenters. The van der Waals surface area contributed by atoms with Crippen LogP contribution in [0.3, 0.4) is 0 Å². The van der Waals surface area contributed by atoms with Crippen LogP contribution in [0, 0.1) is 5.92 Å². The third-order valence-electron chi connectivity index (χ3n) is 12.6. The van der Waals surface area contributed by atoms with Crippen LogP contribution in [0.1, 0.15) is 110 Å². The molecule has 1 aromatic carbocycles. The number of carbonyl (C=O) groups is 4. The Kier molecular flexibility index (Phi) is 11.3. The van der Waals surface area contributed by atoms with E-state index in [1.807, 2.05) is 41.8 Å². The number of furan rings is 1. The Bertz CT molecular complexity index is 2540. The van der Waals surface area contributed by atoms with E-state index in [2.05, 4.69) is 36.1 Å². The van der Waals surface area contributed by atoms with Crippen molar-refractivity contribution in [1.82, 2.24) is 35.2 Å². The maximum Gasteiger partial charge on any atom is 0.408 e. The van der Waals surface area contributed by atoms with Crippen LogP contribution in [-0.2, 0) is 34.6 Å². The van der Waals surface area contributed by atoms with Gasteiger partial charge in [0, 0.05) is 28.5 Å². The molecule has 330 valence electrons. The molecule has 5 heterocycles. The van der Waals surface area contributed by atoms with Crippen molar-refractivity contribution in [2.45, 2.75) is 145 Å². The first kappa shape index (κ1) is 42.2. The second-order valence-corrected chi connectivity index (χ2v) is 21.2. The molecule has 4 amide bonds. The molecule has 9 rings (SSSR count). The quantitative estimate of drug-likeness (QED) is 0.169. The zero-order valence-electron chi connectivity index (χ0n) is 35.2. The Hall–Kier alpha value is -5.10. The van der Waals surface area contributed by atoms with Gasteiger partial charge in [0.25, 0.3) is 11.8 Å². The van der Waals surface area contributed by atoms with Gasteiger partial charge in [0.15, 0.2) is 10.8 Å². The third-order valence-corrected chi connectivity index (χ3v) is 15.3. The van der Waals surface area contributed by atoms with Gasteiger partial charge in [-0.2, -0.15) is 4.98 Å². The van der Waals surface area contributed by atoms with Crippen molar-refractivity contribution in [3.63, 3.8) is 0 Å². The average Bonchev–Trinajstić information content (AvgIpc) is 3.86. The summed E-state index contributed by atoms with van der Waals surface area (Å²) in [5, 5.41) is 8.41. The molecule has 62 heavy (non-hydrogen) atoms. The molecule has 1 saturated heterocycles. The highest BCUT2D eigenvalue weighted by Gasteiger charge is 2.62. The van der Waals surface area contributed by atoms with Crippen molar-refractivity contribution >= 4 is 67.2 Å². The zero-order chi connectivity index (χ0) is 43.4. The van der Waals surface area contributed by atoms with Crippen LogP contribution < -0.4 is 20.1 Å². The number of allylic oxidation sites excluding steroid dienone is 1. The van der Waals surface area contributed by atoms with E-state index < -0.39 is 68.7 Å². The molecule has 3 N–H and O–H groups in total. The second-order valence-electron chi connectivity index (χ2n) is 18.4. The molecule has 3 aliphatic carbocycles. The number of sulfonamides is 1. The fraction of sp³-hybridized carbons (Fsp3) is 0.568. The van der Waals surface area contributed by atoms with Crippen molar-refractivity contribution < 1.29 is 41.5 Å². The Morgan fingerprint density at radius 3 is 2.52 bits per heavy atom. The van der Waals surface area contributed by atoms with Gasteiger partial charge in [-0.3, -0.25) is 19.1 Å². The first-order chi connectivity index (χ1) is 29.7. The maximum absolute atomic E-state index is 14.8. The number of nitrogens with one attached hydrogen (secondary N) is 3. The summed E-state index contributed by atoms with van der Waals surface area (Å²) in [7, 11) is -3.92. The maximum atomic E-state index is 14.8. The number of para-hydroxylation sites is 1.